The van der Waals surface area contributed by atoms with Crippen molar-refractivity contribution in [2.75, 3.05) is 20.8 Å². The molecule has 0 amide bonds. The lowest BCUT2D eigenvalue weighted by molar-refractivity contribution is 0.189. The third-order valence-corrected chi connectivity index (χ3v) is 3.15. The molecule has 0 aliphatic carbocycles. The Labute approximate surface area is 110 Å². The van der Waals surface area contributed by atoms with Crippen LogP contribution in [0.4, 0.5) is 0 Å². The molecule has 0 saturated heterocycles. The SMILES string of the molecule is CNC(CCCOC)c1cc(Cl)cc(Br)c1. The second kappa shape index (κ2) is 7.28. The Bertz CT molecular complexity index is 313. The molecule has 0 aliphatic heterocycles. The van der Waals surface area contributed by atoms with Gasteiger partial charge < -0.3 is 10.1 Å². The first-order valence-electron chi connectivity index (χ1n) is 5.29. The van der Waals surface area contributed by atoms with Crippen LogP contribution in [0.15, 0.2) is 22.7 Å². The van der Waals surface area contributed by atoms with Gasteiger partial charge in [0, 0.05) is 29.3 Å². The summed E-state index contributed by atoms with van der Waals surface area (Å²) in [6.07, 6.45) is 2.07. The molecule has 1 atom stereocenters. The van der Waals surface area contributed by atoms with E-state index in [-0.39, 0.29) is 0 Å². The molecule has 0 saturated carbocycles. The van der Waals surface area contributed by atoms with Crippen molar-refractivity contribution in [2.24, 2.45) is 0 Å². The Balaban J connectivity index is 2.70. The zero-order chi connectivity index (χ0) is 12.0. The maximum absolute atomic E-state index is 6.03. The first-order chi connectivity index (χ1) is 7.67. The molecule has 0 fully saturated rings. The van der Waals surface area contributed by atoms with Crippen molar-refractivity contribution in [3.63, 3.8) is 0 Å². The molecule has 4 heteroatoms. The van der Waals surface area contributed by atoms with Crippen molar-refractivity contribution >= 4 is 27.5 Å². The fourth-order valence-corrected chi connectivity index (χ4v) is 2.57. The van der Waals surface area contributed by atoms with E-state index in [4.69, 9.17) is 16.3 Å². The number of hydrogen-bond donors (Lipinski definition) is 1. The zero-order valence-corrected chi connectivity index (χ0v) is 11.9. The van der Waals surface area contributed by atoms with E-state index in [9.17, 15) is 0 Å². The second-order valence-corrected chi connectivity index (χ2v) is 5.03. The fourth-order valence-electron chi connectivity index (χ4n) is 1.69. The van der Waals surface area contributed by atoms with E-state index < -0.39 is 0 Å². The molecule has 2 nitrogen and oxygen atoms in total. The zero-order valence-electron chi connectivity index (χ0n) is 9.59. The van der Waals surface area contributed by atoms with Gasteiger partial charge in [0.05, 0.1) is 0 Å². The molecule has 1 rings (SSSR count). The highest BCUT2D eigenvalue weighted by molar-refractivity contribution is 9.10. The van der Waals surface area contributed by atoms with E-state index in [1.165, 1.54) is 5.56 Å². The summed E-state index contributed by atoms with van der Waals surface area (Å²) in [5.74, 6) is 0. The number of benzene rings is 1. The number of rotatable bonds is 6. The molecule has 0 radical (unpaired) electrons. The normalized spacial score (nSPS) is 12.8. The van der Waals surface area contributed by atoms with Crippen LogP contribution < -0.4 is 5.32 Å². The second-order valence-electron chi connectivity index (χ2n) is 3.68. The van der Waals surface area contributed by atoms with E-state index >= 15 is 0 Å². The smallest absolute Gasteiger partial charge is 0.0462 e. The third kappa shape index (κ3) is 4.42. The minimum atomic E-state index is 0.324. The van der Waals surface area contributed by atoms with E-state index in [2.05, 4.69) is 27.3 Å². The van der Waals surface area contributed by atoms with Crippen LogP contribution in [0.1, 0.15) is 24.4 Å². The molecule has 0 heterocycles. The Morgan fingerprint density at radius 3 is 2.75 bits per heavy atom. The molecule has 0 aliphatic rings. The molecule has 16 heavy (non-hydrogen) atoms. The third-order valence-electron chi connectivity index (χ3n) is 2.48. The molecule has 1 N–H and O–H groups in total. The van der Waals surface area contributed by atoms with E-state index in [1.807, 2.05) is 19.2 Å². The summed E-state index contributed by atoms with van der Waals surface area (Å²) in [5, 5.41) is 4.06. The summed E-state index contributed by atoms with van der Waals surface area (Å²) in [5.41, 5.74) is 1.21. The number of hydrogen-bond acceptors (Lipinski definition) is 2. The van der Waals surface area contributed by atoms with Gasteiger partial charge in [-0.25, -0.2) is 0 Å². The average molecular weight is 307 g/mol. The van der Waals surface area contributed by atoms with Gasteiger partial charge in [-0.05, 0) is 43.7 Å². The number of methoxy groups -OCH3 is 1. The van der Waals surface area contributed by atoms with Gasteiger partial charge in [-0.15, -0.1) is 0 Å². The Kier molecular flexibility index (Phi) is 6.36. The summed E-state index contributed by atoms with van der Waals surface area (Å²) in [6, 6.07) is 6.32. The van der Waals surface area contributed by atoms with Gasteiger partial charge in [-0.3, -0.25) is 0 Å². The summed E-state index contributed by atoms with van der Waals surface area (Å²) < 4.78 is 6.07. The maximum Gasteiger partial charge on any atom is 0.0462 e. The monoisotopic (exact) mass is 305 g/mol. The summed E-state index contributed by atoms with van der Waals surface area (Å²) in [6.45, 7) is 0.792. The molecule has 1 unspecified atom stereocenters. The Morgan fingerprint density at radius 2 is 2.19 bits per heavy atom. The molecular formula is C12H17BrClNO. The minimum absolute atomic E-state index is 0.324. The predicted molar refractivity (Wildman–Crippen MR) is 72.1 cm³/mol. The van der Waals surface area contributed by atoms with Crippen LogP contribution in [0.5, 0.6) is 0 Å². The molecule has 0 spiro atoms. The van der Waals surface area contributed by atoms with Crippen molar-refractivity contribution in [2.45, 2.75) is 18.9 Å². The quantitative estimate of drug-likeness (QED) is 0.807. The molecule has 1 aromatic carbocycles. The molecule has 0 aromatic heterocycles. The van der Waals surface area contributed by atoms with Crippen molar-refractivity contribution in [1.29, 1.82) is 0 Å². The van der Waals surface area contributed by atoms with E-state index in [0.29, 0.717) is 6.04 Å². The molecule has 1 aromatic rings. The van der Waals surface area contributed by atoms with Gasteiger partial charge in [0.2, 0.25) is 0 Å². The van der Waals surface area contributed by atoms with Gasteiger partial charge in [0.15, 0.2) is 0 Å². The fraction of sp³-hybridized carbons (Fsp3) is 0.500. The lowest BCUT2D eigenvalue weighted by atomic mass is 10.0. The molecule has 0 bridgehead atoms. The number of ether oxygens (including phenoxy) is 1. The highest BCUT2D eigenvalue weighted by Crippen LogP contribution is 2.26. The van der Waals surface area contributed by atoms with Gasteiger partial charge in [-0.1, -0.05) is 27.5 Å². The van der Waals surface area contributed by atoms with Crippen LogP contribution >= 0.6 is 27.5 Å². The average Bonchev–Trinajstić information content (AvgIpc) is 2.23. The Morgan fingerprint density at radius 1 is 1.44 bits per heavy atom. The molecular weight excluding hydrogens is 289 g/mol. The summed E-state index contributed by atoms with van der Waals surface area (Å²) >= 11 is 9.49. The largest absolute Gasteiger partial charge is 0.385 e. The van der Waals surface area contributed by atoms with Crippen molar-refractivity contribution in [1.82, 2.24) is 5.32 Å². The topological polar surface area (TPSA) is 21.3 Å². The van der Waals surface area contributed by atoms with E-state index in [1.54, 1.807) is 7.11 Å². The van der Waals surface area contributed by atoms with Gasteiger partial charge in [-0.2, -0.15) is 0 Å². The molecule has 90 valence electrons. The van der Waals surface area contributed by atoms with Crippen molar-refractivity contribution < 1.29 is 4.74 Å². The van der Waals surface area contributed by atoms with Crippen LogP contribution in [0, 0.1) is 0 Å². The number of nitrogens with one attached hydrogen (secondary N) is 1. The highest BCUT2D eigenvalue weighted by atomic mass is 79.9. The first-order valence-corrected chi connectivity index (χ1v) is 6.46. The van der Waals surface area contributed by atoms with Gasteiger partial charge in [0.1, 0.15) is 0 Å². The first kappa shape index (κ1) is 14.0. The summed E-state index contributed by atoms with van der Waals surface area (Å²) in [4.78, 5) is 0. The van der Waals surface area contributed by atoms with Crippen LogP contribution in [0.2, 0.25) is 5.02 Å². The maximum atomic E-state index is 6.03. The standard InChI is InChI=1S/C12H17BrClNO/c1-15-12(4-3-5-16-2)9-6-10(13)8-11(14)7-9/h6-8,12,15H,3-5H2,1-2H3. The van der Waals surface area contributed by atoms with Crippen molar-refractivity contribution in [3.05, 3.63) is 33.3 Å². The van der Waals surface area contributed by atoms with Gasteiger partial charge in [0.25, 0.3) is 0 Å². The van der Waals surface area contributed by atoms with Gasteiger partial charge >= 0.3 is 0 Å². The van der Waals surface area contributed by atoms with Crippen LogP contribution in [0.25, 0.3) is 0 Å². The van der Waals surface area contributed by atoms with Crippen LogP contribution in [-0.2, 0) is 4.74 Å². The van der Waals surface area contributed by atoms with Crippen molar-refractivity contribution in [3.8, 4) is 0 Å². The van der Waals surface area contributed by atoms with Crippen LogP contribution in [0.3, 0.4) is 0 Å². The lowest BCUT2D eigenvalue weighted by Gasteiger charge is -2.17. The summed E-state index contributed by atoms with van der Waals surface area (Å²) in [7, 11) is 3.69. The lowest BCUT2D eigenvalue weighted by Crippen LogP contribution is -2.16. The minimum Gasteiger partial charge on any atom is -0.385 e. The predicted octanol–water partition coefficient (Wildman–Crippen LogP) is 3.79. The Hall–Kier alpha value is -0.0900. The number of halogens is 2. The van der Waals surface area contributed by atoms with E-state index in [0.717, 1.165) is 28.9 Å². The highest BCUT2D eigenvalue weighted by Gasteiger charge is 2.10. The van der Waals surface area contributed by atoms with Crippen LogP contribution in [-0.4, -0.2) is 20.8 Å².